The van der Waals surface area contributed by atoms with Crippen molar-refractivity contribution in [3.8, 4) is 28.7 Å². The van der Waals surface area contributed by atoms with Gasteiger partial charge in [-0.25, -0.2) is 9.37 Å². The number of nitriles is 1. The maximum atomic E-state index is 13.1. The number of hydrogen-bond acceptors (Lipinski definition) is 4. The van der Waals surface area contributed by atoms with Crippen LogP contribution in [0.25, 0.3) is 34.2 Å². The molecule has 0 saturated heterocycles. The van der Waals surface area contributed by atoms with E-state index in [1.165, 1.54) is 23.5 Å². The van der Waals surface area contributed by atoms with Crippen LogP contribution in [0.4, 0.5) is 4.39 Å². The van der Waals surface area contributed by atoms with Gasteiger partial charge in [-0.2, -0.15) is 5.26 Å². The predicted molar refractivity (Wildman–Crippen MR) is 115 cm³/mol. The second-order valence-electron chi connectivity index (χ2n) is 6.04. The molecule has 0 fully saturated rings. The van der Waals surface area contributed by atoms with Crippen LogP contribution >= 0.6 is 34.5 Å². The largest absolute Gasteiger partial charge is 0.457 e. The van der Waals surface area contributed by atoms with Crippen molar-refractivity contribution in [3.63, 3.8) is 0 Å². The average molecular weight is 441 g/mol. The van der Waals surface area contributed by atoms with Crippen molar-refractivity contribution in [3.05, 3.63) is 86.6 Å². The van der Waals surface area contributed by atoms with Crippen LogP contribution < -0.4 is 0 Å². The molecule has 2 aromatic carbocycles. The first-order valence-corrected chi connectivity index (χ1v) is 10.1. The van der Waals surface area contributed by atoms with Crippen molar-refractivity contribution in [2.24, 2.45) is 0 Å². The number of halogens is 3. The average Bonchev–Trinajstić information content (AvgIpc) is 3.38. The van der Waals surface area contributed by atoms with Gasteiger partial charge >= 0.3 is 0 Å². The first-order chi connectivity index (χ1) is 14.0. The number of furan rings is 1. The van der Waals surface area contributed by atoms with Gasteiger partial charge in [0.05, 0.1) is 16.3 Å². The fourth-order valence-electron chi connectivity index (χ4n) is 2.70. The summed E-state index contributed by atoms with van der Waals surface area (Å²) in [5.74, 6) is 0.730. The number of benzene rings is 2. The topological polar surface area (TPSA) is 49.8 Å². The highest BCUT2D eigenvalue weighted by Gasteiger charge is 2.12. The molecule has 0 unspecified atom stereocenters. The first kappa shape index (κ1) is 19.4. The summed E-state index contributed by atoms with van der Waals surface area (Å²) in [4.78, 5) is 4.49. The number of allylic oxidation sites excluding steroid dienone is 1. The third-order valence-corrected chi connectivity index (χ3v) is 5.54. The van der Waals surface area contributed by atoms with Gasteiger partial charge in [0.1, 0.15) is 28.4 Å². The van der Waals surface area contributed by atoms with E-state index in [-0.39, 0.29) is 5.82 Å². The van der Waals surface area contributed by atoms with Gasteiger partial charge in [-0.15, -0.1) is 11.3 Å². The van der Waals surface area contributed by atoms with E-state index in [4.69, 9.17) is 27.6 Å². The lowest BCUT2D eigenvalue weighted by atomic mass is 10.2. The van der Waals surface area contributed by atoms with Crippen molar-refractivity contribution >= 4 is 46.2 Å². The number of rotatable bonds is 4. The molecule has 0 atom stereocenters. The molecule has 0 spiro atoms. The minimum Gasteiger partial charge on any atom is -0.457 e. The summed E-state index contributed by atoms with van der Waals surface area (Å²) in [5, 5.41) is 13.0. The van der Waals surface area contributed by atoms with Crippen LogP contribution in [-0.2, 0) is 0 Å². The third-order valence-electron chi connectivity index (χ3n) is 4.10. The van der Waals surface area contributed by atoms with Gasteiger partial charge in [0.2, 0.25) is 0 Å². The molecule has 142 valence electrons. The lowest BCUT2D eigenvalue weighted by molar-refractivity contribution is 0.572. The molecular weight excluding hydrogens is 430 g/mol. The Bertz CT molecular complexity index is 1250. The molecule has 3 nitrogen and oxygen atoms in total. The Balaban J connectivity index is 1.64. The van der Waals surface area contributed by atoms with Gasteiger partial charge in [0, 0.05) is 27.6 Å². The molecule has 0 aliphatic rings. The van der Waals surface area contributed by atoms with Crippen molar-refractivity contribution in [2.45, 2.75) is 0 Å². The van der Waals surface area contributed by atoms with Crippen LogP contribution in [0.1, 0.15) is 10.8 Å². The quantitative estimate of drug-likeness (QED) is 0.307. The van der Waals surface area contributed by atoms with Crippen molar-refractivity contribution in [2.75, 3.05) is 0 Å². The molecule has 0 N–H and O–H groups in total. The molecule has 2 aromatic heterocycles. The molecule has 4 rings (SSSR count). The van der Waals surface area contributed by atoms with Crippen molar-refractivity contribution in [1.29, 1.82) is 5.26 Å². The molecule has 0 radical (unpaired) electrons. The lowest BCUT2D eigenvalue weighted by Crippen LogP contribution is -1.83. The number of thiazole rings is 1. The Labute approximate surface area is 180 Å². The minimum atomic E-state index is -0.310. The van der Waals surface area contributed by atoms with Crippen LogP contribution in [0.5, 0.6) is 0 Å². The minimum absolute atomic E-state index is 0.310. The van der Waals surface area contributed by atoms with E-state index in [1.54, 1.807) is 48.5 Å². The maximum Gasteiger partial charge on any atom is 0.136 e. The Morgan fingerprint density at radius 2 is 1.90 bits per heavy atom. The standard InChI is InChI=1S/C22H11Cl2FN2OS/c23-15-3-7-19(24)18(10-15)21-8-6-17(28-21)9-14(11-26)22-27-20(12-29-22)13-1-4-16(25)5-2-13/h1-10,12H/b14-9+. The van der Waals surface area contributed by atoms with Crippen LogP contribution in [0.3, 0.4) is 0 Å². The Morgan fingerprint density at radius 3 is 2.66 bits per heavy atom. The van der Waals surface area contributed by atoms with E-state index in [0.717, 1.165) is 5.56 Å². The molecular formula is C22H11Cl2FN2OS. The summed E-state index contributed by atoms with van der Waals surface area (Å²) in [5.41, 5.74) is 2.49. The summed E-state index contributed by atoms with van der Waals surface area (Å²) in [6, 6.07) is 16.8. The summed E-state index contributed by atoms with van der Waals surface area (Å²) >= 11 is 13.6. The van der Waals surface area contributed by atoms with E-state index < -0.39 is 0 Å². The van der Waals surface area contributed by atoms with Crippen molar-refractivity contribution in [1.82, 2.24) is 4.98 Å². The van der Waals surface area contributed by atoms with Gasteiger partial charge in [-0.05, 0) is 54.6 Å². The molecule has 2 heterocycles. The number of hydrogen-bond donors (Lipinski definition) is 0. The Morgan fingerprint density at radius 1 is 1.10 bits per heavy atom. The summed E-state index contributed by atoms with van der Waals surface area (Å²) in [6.07, 6.45) is 1.62. The van der Waals surface area contributed by atoms with Crippen molar-refractivity contribution < 1.29 is 8.81 Å². The highest BCUT2D eigenvalue weighted by molar-refractivity contribution is 7.11. The van der Waals surface area contributed by atoms with Gasteiger partial charge in [-0.1, -0.05) is 23.2 Å². The van der Waals surface area contributed by atoms with Gasteiger partial charge in [-0.3, -0.25) is 0 Å². The molecule has 0 aliphatic heterocycles. The zero-order valence-electron chi connectivity index (χ0n) is 14.7. The molecule has 4 aromatic rings. The number of nitrogens with zero attached hydrogens (tertiary/aromatic N) is 2. The molecule has 0 aliphatic carbocycles. The Hall–Kier alpha value is -2.91. The fourth-order valence-corrected chi connectivity index (χ4v) is 3.87. The number of aromatic nitrogens is 1. The van der Waals surface area contributed by atoms with E-state index in [2.05, 4.69) is 11.1 Å². The van der Waals surface area contributed by atoms with Crippen LogP contribution in [0, 0.1) is 17.1 Å². The van der Waals surface area contributed by atoms with Crippen LogP contribution in [0.15, 0.2) is 64.4 Å². The summed E-state index contributed by atoms with van der Waals surface area (Å²) < 4.78 is 18.9. The molecule has 7 heteroatoms. The second-order valence-corrected chi connectivity index (χ2v) is 7.74. The SMILES string of the molecule is N#C/C(=C\c1ccc(-c2cc(Cl)ccc2Cl)o1)c1nc(-c2ccc(F)cc2)cs1. The van der Waals surface area contributed by atoms with Crippen LogP contribution in [-0.4, -0.2) is 4.98 Å². The molecule has 0 bridgehead atoms. The van der Waals surface area contributed by atoms with E-state index >= 15 is 0 Å². The smallest absolute Gasteiger partial charge is 0.136 e. The van der Waals surface area contributed by atoms with Gasteiger partial charge in [0.25, 0.3) is 0 Å². The zero-order valence-corrected chi connectivity index (χ0v) is 17.0. The third kappa shape index (κ3) is 4.25. The first-order valence-electron chi connectivity index (χ1n) is 8.42. The van der Waals surface area contributed by atoms with Gasteiger partial charge in [0.15, 0.2) is 0 Å². The van der Waals surface area contributed by atoms with E-state index in [0.29, 0.717) is 43.4 Å². The Kier molecular flexibility index (Phi) is 5.50. The van der Waals surface area contributed by atoms with Gasteiger partial charge < -0.3 is 4.42 Å². The molecule has 0 amide bonds. The normalized spacial score (nSPS) is 11.4. The fraction of sp³-hybridized carbons (Fsp3) is 0. The monoisotopic (exact) mass is 440 g/mol. The highest BCUT2D eigenvalue weighted by Crippen LogP contribution is 2.33. The molecule has 29 heavy (non-hydrogen) atoms. The van der Waals surface area contributed by atoms with E-state index in [9.17, 15) is 9.65 Å². The second kappa shape index (κ2) is 8.22. The van der Waals surface area contributed by atoms with Crippen LogP contribution in [0.2, 0.25) is 10.0 Å². The summed E-state index contributed by atoms with van der Waals surface area (Å²) in [7, 11) is 0. The zero-order chi connectivity index (χ0) is 20.4. The lowest BCUT2D eigenvalue weighted by Gasteiger charge is -2.01. The molecule has 0 saturated carbocycles. The maximum absolute atomic E-state index is 13.1. The van der Waals surface area contributed by atoms with E-state index in [1.807, 2.05) is 5.38 Å². The predicted octanol–water partition coefficient (Wildman–Crippen LogP) is 7.58. The highest BCUT2D eigenvalue weighted by atomic mass is 35.5. The summed E-state index contributed by atoms with van der Waals surface area (Å²) in [6.45, 7) is 0.